The predicted molar refractivity (Wildman–Crippen MR) is 155 cm³/mol. The number of benzene rings is 3. The molecule has 4 unspecified atom stereocenters. The number of ether oxygens (including phenoxy) is 1. The van der Waals surface area contributed by atoms with Crippen LogP contribution in [0.4, 0.5) is 0 Å². The van der Waals surface area contributed by atoms with Gasteiger partial charge in [-0.1, -0.05) is 43.3 Å². The minimum Gasteiger partial charge on any atom is -0.488 e. The lowest BCUT2D eigenvalue weighted by atomic mass is 9.65. The smallest absolute Gasteiger partial charge is 0.265 e. The Morgan fingerprint density at radius 3 is 2.18 bits per heavy atom. The van der Waals surface area contributed by atoms with Crippen molar-refractivity contribution in [3.05, 3.63) is 84.4 Å². The number of ketones is 1. The van der Waals surface area contributed by atoms with Gasteiger partial charge in [0.15, 0.2) is 14.7 Å². The third-order valence-electron chi connectivity index (χ3n) is 8.52. The molecule has 0 spiro atoms. The first-order valence-electron chi connectivity index (χ1n) is 13.5. The van der Waals surface area contributed by atoms with Gasteiger partial charge in [0, 0.05) is 12.0 Å². The van der Waals surface area contributed by atoms with Gasteiger partial charge in [-0.15, -0.1) is 0 Å². The van der Waals surface area contributed by atoms with Crippen molar-refractivity contribution >= 4 is 26.8 Å². The van der Waals surface area contributed by atoms with E-state index in [1.807, 2.05) is 63.2 Å². The molecule has 0 aliphatic heterocycles. The van der Waals surface area contributed by atoms with Crippen LogP contribution in [0.3, 0.4) is 0 Å². The molecule has 2 saturated carbocycles. The van der Waals surface area contributed by atoms with Gasteiger partial charge in [0.1, 0.15) is 17.1 Å². The average Bonchev–Trinajstić information content (AvgIpc) is 3.21. The number of hydrogen-bond acceptors (Lipinski definition) is 4. The molecule has 39 heavy (non-hydrogen) atoms. The molecule has 7 heteroatoms. The zero-order valence-electron chi connectivity index (χ0n) is 23.0. The summed E-state index contributed by atoms with van der Waals surface area (Å²) in [7, 11) is -4.74. The summed E-state index contributed by atoms with van der Waals surface area (Å²) in [5, 5.41) is 0. The third-order valence-corrected chi connectivity index (χ3v) is 11.7. The normalized spacial score (nSPS) is 25.6. The Labute approximate surface area is 235 Å². The summed E-state index contributed by atoms with van der Waals surface area (Å²) in [6, 6.07) is 27.0. The van der Waals surface area contributed by atoms with Gasteiger partial charge in [0.2, 0.25) is 0 Å². The summed E-state index contributed by atoms with van der Waals surface area (Å²) in [5.41, 5.74) is -0.772. The lowest BCUT2D eigenvalue weighted by Crippen LogP contribution is -2.44. The van der Waals surface area contributed by atoms with Gasteiger partial charge < -0.3 is 4.74 Å². The van der Waals surface area contributed by atoms with Gasteiger partial charge in [0.25, 0.3) is 10.1 Å². The molecular formula is C32H37O5S2+. The summed E-state index contributed by atoms with van der Waals surface area (Å²) in [6.45, 7) is 8.16. The van der Waals surface area contributed by atoms with Crippen LogP contribution in [0.15, 0.2) is 93.5 Å². The quantitative estimate of drug-likeness (QED) is 0.241. The van der Waals surface area contributed by atoms with E-state index in [1.54, 1.807) is 0 Å². The first kappa shape index (κ1) is 27.9. The summed E-state index contributed by atoms with van der Waals surface area (Å²) in [4.78, 5) is 16.7. The van der Waals surface area contributed by atoms with Gasteiger partial charge in [-0.2, -0.15) is 8.42 Å². The highest BCUT2D eigenvalue weighted by Crippen LogP contribution is 2.66. The molecule has 2 fully saturated rings. The average molecular weight is 566 g/mol. The van der Waals surface area contributed by atoms with Crippen LogP contribution in [0, 0.1) is 16.7 Å². The molecule has 1 N–H and O–H groups in total. The summed E-state index contributed by atoms with van der Waals surface area (Å²) in [5.74, 6) is 0.407. The third kappa shape index (κ3) is 5.41. The van der Waals surface area contributed by atoms with E-state index in [0.717, 1.165) is 27.5 Å². The molecule has 3 aromatic carbocycles. The number of fused-ring (bicyclic) bond motifs is 2. The first-order chi connectivity index (χ1) is 18.3. The van der Waals surface area contributed by atoms with Crippen molar-refractivity contribution in [3.63, 3.8) is 0 Å². The molecular weight excluding hydrogens is 528 g/mol. The van der Waals surface area contributed by atoms with E-state index in [1.165, 1.54) is 4.90 Å². The largest absolute Gasteiger partial charge is 0.488 e. The molecule has 5 nitrogen and oxygen atoms in total. The number of Topliss-reactive ketones (excluding diaryl/α,β-unsaturated/α-hetero) is 1. The van der Waals surface area contributed by atoms with Crippen molar-refractivity contribution in [2.45, 2.75) is 73.7 Å². The van der Waals surface area contributed by atoms with Gasteiger partial charge in [0.05, 0.1) is 22.1 Å². The molecule has 2 bridgehead atoms. The van der Waals surface area contributed by atoms with Crippen molar-refractivity contribution in [1.82, 2.24) is 0 Å². The van der Waals surface area contributed by atoms with Crippen LogP contribution in [0.5, 0.6) is 5.75 Å². The van der Waals surface area contributed by atoms with E-state index in [0.29, 0.717) is 19.3 Å². The first-order valence-corrected chi connectivity index (χ1v) is 16.3. The summed E-state index contributed by atoms with van der Waals surface area (Å²) < 4.78 is 40.1. The molecule has 5 rings (SSSR count). The Hall–Kier alpha value is -2.61. The van der Waals surface area contributed by atoms with Gasteiger partial charge >= 0.3 is 0 Å². The fraction of sp³-hybridized carbons (Fsp3) is 0.406. The fourth-order valence-electron chi connectivity index (χ4n) is 6.75. The molecule has 2 aliphatic carbocycles. The highest BCUT2D eigenvalue weighted by Gasteiger charge is 2.67. The molecule has 2 aliphatic rings. The molecule has 4 atom stereocenters. The van der Waals surface area contributed by atoms with Crippen molar-refractivity contribution in [1.29, 1.82) is 0 Å². The maximum atomic E-state index is 13.2. The zero-order valence-corrected chi connectivity index (χ0v) is 24.6. The van der Waals surface area contributed by atoms with Crippen LogP contribution in [-0.2, 0) is 32.2 Å². The molecule has 206 valence electrons. The van der Waals surface area contributed by atoms with Crippen molar-refractivity contribution in [2.75, 3.05) is 5.75 Å². The van der Waals surface area contributed by atoms with Crippen molar-refractivity contribution in [3.8, 4) is 5.75 Å². The highest BCUT2D eigenvalue weighted by atomic mass is 32.2. The number of hydrogen-bond donors (Lipinski definition) is 1. The van der Waals surface area contributed by atoms with E-state index >= 15 is 0 Å². The molecule has 0 amide bonds. The topological polar surface area (TPSA) is 80.7 Å². The van der Waals surface area contributed by atoms with E-state index in [9.17, 15) is 17.8 Å². The monoisotopic (exact) mass is 565 g/mol. The SMILES string of the molecule is CC(C)(C)Oc1ccc([S+](c2ccccc2)c2ccccc2CC2(C)C3CCC2(CS(=O)(=O)O)C(=O)C3)cc1. The molecule has 0 heterocycles. The van der Waals surface area contributed by atoms with E-state index in [4.69, 9.17) is 4.74 Å². The van der Waals surface area contributed by atoms with Crippen molar-refractivity contribution < 1.29 is 22.5 Å². The van der Waals surface area contributed by atoms with E-state index in [2.05, 4.69) is 43.3 Å². The second kappa shape index (κ2) is 10.1. The van der Waals surface area contributed by atoms with Crippen LogP contribution in [0.2, 0.25) is 0 Å². The van der Waals surface area contributed by atoms with E-state index in [-0.39, 0.29) is 17.3 Å². The summed E-state index contributed by atoms with van der Waals surface area (Å²) in [6.07, 6.45) is 2.28. The van der Waals surface area contributed by atoms with Gasteiger partial charge in [-0.3, -0.25) is 9.35 Å². The Kier molecular flexibility index (Phi) is 7.23. The number of rotatable bonds is 8. The van der Waals surface area contributed by atoms with Crippen molar-refractivity contribution in [2.24, 2.45) is 16.7 Å². The Balaban J connectivity index is 1.58. The van der Waals surface area contributed by atoms with Gasteiger partial charge in [-0.05, 0) is 93.8 Å². The predicted octanol–water partition coefficient (Wildman–Crippen LogP) is 6.77. The number of carbonyl (C=O) groups is 1. The van der Waals surface area contributed by atoms with E-state index < -0.39 is 37.6 Å². The van der Waals surface area contributed by atoms with Crippen LogP contribution in [0.1, 0.15) is 52.5 Å². The van der Waals surface area contributed by atoms with Crippen LogP contribution in [-0.4, -0.2) is 30.1 Å². The van der Waals surface area contributed by atoms with Gasteiger partial charge in [-0.25, -0.2) is 0 Å². The molecule has 0 aromatic heterocycles. The van der Waals surface area contributed by atoms with Crippen LogP contribution in [0.25, 0.3) is 0 Å². The summed E-state index contributed by atoms with van der Waals surface area (Å²) >= 11 is 0. The second-order valence-corrected chi connectivity index (χ2v) is 15.6. The lowest BCUT2D eigenvalue weighted by molar-refractivity contribution is -0.128. The molecule has 0 saturated heterocycles. The standard InChI is InChI=1S/C32H36O5S2/c1-30(2,3)37-25-14-16-27(17-15-25)38(26-11-6-5-7-12-26)28-13-9-8-10-23(28)21-31(4)24-18-19-32(31,29(33)20-24)22-39(34,35)36/h5-17,24H,18-22H2,1-4H3/p+1. The Morgan fingerprint density at radius 2 is 1.56 bits per heavy atom. The highest BCUT2D eigenvalue weighted by molar-refractivity contribution is 7.97. The molecule has 3 aromatic rings. The maximum absolute atomic E-state index is 13.2. The zero-order chi connectivity index (χ0) is 28.1. The minimum absolute atomic E-state index is 0.0205. The Bertz CT molecular complexity index is 1460. The minimum atomic E-state index is -4.31. The maximum Gasteiger partial charge on any atom is 0.265 e. The molecule has 0 radical (unpaired) electrons. The Morgan fingerprint density at radius 1 is 0.949 bits per heavy atom. The lowest BCUT2D eigenvalue weighted by Gasteiger charge is -2.39. The fourth-order valence-corrected chi connectivity index (χ4v) is 10.2. The van der Waals surface area contributed by atoms with Crippen LogP contribution >= 0.6 is 0 Å². The second-order valence-electron chi connectivity index (χ2n) is 12.2. The van der Waals surface area contributed by atoms with Crippen LogP contribution < -0.4 is 4.74 Å². The number of carbonyl (C=O) groups excluding carboxylic acids is 1.